The van der Waals surface area contributed by atoms with Gasteiger partial charge in [-0.2, -0.15) is 0 Å². The van der Waals surface area contributed by atoms with E-state index in [1.807, 2.05) is 43.3 Å². The Kier molecular flexibility index (Phi) is 4.88. The average Bonchev–Trinajstić information content (AvgIpc) is 2.96. The summed E-state index contributed by atoms with van der Waals surface area (Å²) in [5.41, 5.74) is 2.58. The van der Waals surface area contributed by atoms with Gasteiger partial charge < -0.3 is 4.74 Å². The van der Waals surface area contributed by atoms with Gasteiger partial charge >= 0.3 is 0 Å². The summed E-state index contributed by atoms with van der Waals surface area (Å²) >= 11 is 6.02. The third-order valence-electron chi connectivity index (χ3n) is 4.86. The number of amides is 2. The van der Waals surface area contributed by atoms with Crippen molar-refractivity contribution in [2.45, 2.75) is 13.0 Å². The summed E-state index contributed by atoms with van der Waals surface area (Å²) in [5, 5.41) is 0.629. The van der Waals surface area contributed by atoms with E-state index in [4.69, 9.17) is 16.3 Å². The number of nitrogens with zero attached hydrogens (tertiary/aromatic N) is 1. The van der Waals surface area contributed by atoms with E-state index in [-0.39, 0.29) is 18.4 Å². The number of aryl methyl sites for hydroxylation is 1. The summed E-state index contributed by atoms with van der Waals surface area (Å²) in [6, 6.07) is 21.2. The second-order valence-electron chi connectivity index (χ2n) is 6.67. The quantitative estimate of drug-likeness (QED) is 0.571. The topological polar surface area (TPSA) is 46.6 Å². The van der Waals surface area contributed by atoms with Gasteiger partial charge in [0, 0.05) is 5.02 Å². The number of hydrogen-bond donors (Lipinski definition) is 0. The molecule has 0 unspecified atom stereocenters. The lowest BCUT2D eigenvalue weighted by Gasteiger charge is -2.27. The van der Waals surface area contributed by atoms with Crippen molar-refractivity contribution in [2.75, 3.05) is 6.61 Å². The first-order valence-electron chi connectivity index (χ1n) is 8.97. The van der Waals surface area contributed by atoms with Crippen LogP contribution in [0.2, 0.25) is 5.02 Å². The summed E-state index contributed by atoms with van der Waals surface area (Å²) in [4.78, 5) is 27.3. The molecule has 0 spiro atoms. The van der Waals surface area contributed by atoms with Crippen molar-refractivity contribution in [3.8, 4) is 5.75 Å². The molecular weight excluding hydrogens is 374 g/mol. The number of carbonyl (C=O) groups excluding carboxylic acids is 2. The summed E-state index contributed by atoms with van der Waals surface area (Å²) in [6.45, 7) is 2.05. The number of hydrogen-bond acceptors (Lipinski definition) is 3. The van der Waals surface area contributed by atoms with Crippen LogP contribution in [0.25, 0.3) is 0 Å². The maximum absolute atomic E-state index is 13.0. The summed E-state index contributed by atoms with van der Waals surface area (Å²) in [5.74, 6) is 0.0682. The lowest BCUT2D eigenvalue weighted by molar-refractivity contribution is 0.0529. The Morgan fingerprint density at radius 1 is 0.893 bits per heavy atom. The van der Waals surface area contributed by atoms with Crippen LogP contribution in [0.15, 0.2) is 72.8 Å². The first-order chi connectivity index (χ1) is 13.6. The highest BCUT2D eigenvalue weighted by Crippen LogP contribution is 2.32. The van der Waals surface area contributed by atoms with Gasteiger partial charge in [0.2, 0.25) is 0 Å². The molecule has 1 aliphatic heterocycles. The van der Waals surface area contributed by atoms with Gasteiger partial charge in [0.15, 0.2) is 0 Å². The molecule has 1 aliphatic rings. The second-order valence-corrected chi connectivity index (χ2v) is 7.11. The number of carbonyl (C=O) groups is 2. The summed E-state index contributed by atoms with van der Waals surface area (Å²) in [7, 11) is 0. The highest BCUT2D eigenvalue weighted by atomic mass is 35.5. The van der Waals surface area contributed by atoms with E-state index in [0.29, 0.717) is 21.9 Å². The number of halogens is 1. The van der Waals surface area contributed by atoms with Crippen molar-refractivity contribution in [2.24, 2.45) is 0 Å². The molecule has 0 radical (unpaired) electrons. The normalized spacial score (nSPS) is 14.1. The largest absolute Gasteiger partial charge is 0.491 e. The molecule has 0 bridgehead atoms. The van der Waals surface area contributed by atoms with Crippen LogP contribution in [0.4, 0.5) is 0 Å². The molecular formula is C23H18ClNO3. The van der Waals surface area contributed by atoms with Crippen LogP contribution in [-0.2, 0) is 0 Å². The molecule has 4 nitrogen and oxygen atoms in total. The van der Waals surface area contributed by atoms with Crippen molar-refractivity contribution in [1.82, 2.24) is 4.90 Å². The molecule has 0 saturated carbocycles. The number of rotatable bonds is 5. The molecule has 1 atom stereocenters. The second kappa shape index (κ2) is 7.49. The van der Waals surface area contributed by atoms with Crippen molar-refractivity contribution in [1.29, 1.82) is 0 Å². The molecule has 0 aliphatic carbocycles. The maximum Gasteiger partial charge on any atom is 0.262 e. The fraction of sp³-hybridized carbons (Fsp3) is 0.130. The van der Waals surface area contributed by atoms with Gasteiger partial charge in [0.1, 0.15) is 12.4 Å². The number of benzene rings is 3. The standard InChI is InChI=1S/C23H18ClNO3/c1-15-13-17(24)11-12-21(15)28-14-20(16-7-3-2-4-8-16)25-22(26)18-9-5-6-10-19(18)23(25)27/h2-13,20H,14H2,1H3/t20-/m1/s1. The minimum Gasteiger partial charge on any atom is -0.491 e. The molecule has 0 aromatic heterocycles. The Hall–Kier alpha value is -3.11. The van der Waals surface area contributed by atoms with Crippen LogP contribution in [0.5, 0.6) is 5.75 Å². The van der Waals surface area contributed by atoms with E-state index in [9.17, 15) is 9.59 Å². The lowest BCUT2D eigenvalue weighted by atomic mass is 10.1. The first kappa shape index (κ1) is 18.3. The third-order valence-corrected chi connectivity index (χ3v) is 5.09. The molecule has 1 heterocycles. The van der Waals surface area contributed by atoms with Crippen molar-refractivity contribution in [3.63, 3.8) is 0 Å². The Bertz CT molecular complexity index is 1010. The van der Waals surface area contributed by atoms with E-state index in [2.05, 4.69) is 0 Å². The monoisotopic (exact) mass is 391 g/mol. The fourth-order valence-corrected chi connectivity index (χ4v) is 3.66. The predicted octanol–water partition coefficient (Wildman–Crippen LogP) is 5.06. The highest BCUT2D eigenvalue weighted by molar-refractivity contribution is 6.30. The molecule has 3 aromatic carbocycles. The predicted molar refractivity (Wildman–Crippen MR) is 108 cm³/mol. The van der Waals surface area contributed by atoms with E-state index in [1.165, 1.54) is 4.90 Å². The molecule has 5 heteroatoms. The summed E-state index contributed by atoms with van der Waals surface area (Å²) in [6.07, 6.45) is 0. The van der Waals surface area contributed by atoms with Gasteiger partial charge in [-0.3, -0.25) is 14.5 Å². The van der Waals surface area contributed by atoms with Crippen molar-refractivity contribution < 1.29 is 14.3 Å². The van der Waals surface area contributed by atoms with Gasteiger partial charge in [-0.15, -0.1) is 0 Å². The van der Waals surface area contributed by atoms with Gasteiger partial charge in [0.05, 0.1) is 17.2 Å². The van der Waals surface area contributed by atoms with Gasteiger partial charge in [-0.25, -0.2) is 0 Å². The van der Waals surface area contributed by atoms with Gasteiger partial charge in [-0.1, -0.05) is 54.1 Å². The smallest absolute Gasteiger partial charge is 0.262 e. The summed E-state index contributed by atoms with van der Waals surface area (Å²) < 4.78 is 6.01. The van der Waals surface area contributed by atoms with Crippen LogP contribution >= 0.6 is 11.6 Å². The SMILES string of the molecule is Cc1cc(Cl)ccc1OC[C@H](c1ccccc1)N1C(=O)c2ccccc2C1=O. The van der Waals surface area contributed by atoms with E-state index in [0.717, 1.165) is 11.1 Å². The van der Waals surface area contributed by atoms with E-state index >= 15 is 0 Å². The Morgan fingerprint density at radius 2 is 1.50 bits per heavy atom. The minimum absolute atomic E-state index is 0.151. The maximum atomic E-state index is 13.0. The zero-order chi connectivity index (χ0) is 19.7. The minimum atomic E-state index is -0.538. The van der Waals surface area contributed by atoms with E-state index < -0.39 is 6.04 Å². The van der Waals surface area contributed by atoms with Crippen LogP contribution in [0.3, 0.4) is 0 Å². The molecule has 0 fully saturated rings. The van der Waals surface area contributed by atoms with Crippen LogP contribution in [0, 0.1) is 6.92 Å². The van der Waals surface area contributed by atoms with Crippen LogP contribution < -0.4 is 4.74 Å². The average molecular weight is 392 g/mol. The first-order valence-corrected chi connectivity index (χ1v) is 9.35. The zero-order valence-electron chi connectivity index (χ0n) is 15.3. The lowest BCUT2D eigenvalue weighted by Crippen LogP contribution is -2.37. The van der Waals surface area contributed by atoms with E-state index in [1.54, 1.807) is 36.4 Å². The molecule has 3 aromatic rings. The van der Waals surface area contributed by atoms with Gasteiger partial charge in [-0.05, 0) is 48.4 Å². The third kappa shape index (κ3) is 3.27. The molecule has 2 amide bonds. The molecule has 0 saturated heterocycles. The number of fused-ring (bicyclic) bond motifs is 1. The molecule has 0 N–H and O–H groups in total. The van der Waals surface area contributed by atoms with Gasteiger partial charge in [0.25, 0.3) is 11.8 Å². The van der Waals surface area contributed by atoms with Crippen molar-refractivity contribution >= 4 is 23.4 Å². The molecule has 4 rings (SSSR count). The zero-order valence-corrected chi connectivity index (χ0v) is 16.0. The number of imide groups is 1. The molecule has 140 valence electrons. The molecule has 28 heavy (non-hydrogen) atoms. The Balaban J connectivity index is 1.67. The van der Waals surface area contributed by atoms with Crippen LogP contribution in [-0.4, -0.2) is 23.3 Å². The Labute approximate surface area is 168 Å². The fourth-order valence-electron chi connectivity index (χ4n) is 3.43. The Morgan fingerprint density at radius 3 is 2.11 bits per heavy atom. The van der Waals surface area contributed by atoms with Crippen molar-refractivity contribution in [3.05, 3.63) is 100 Å². The number of ether oxygens (including phenoxy) is 1. The van der Waals surface area contributed by atoms with Crippen LogP contribution in [0.1, 0.15) is 37.9 Å². The highest BCUT2D eigenvalue weighted by Gasteiger charge is 2.40.